The summed E-state index contributed by atoms with van der Waals surface area (Å²) in [6, 6.07) is 10.4. The summed E-state index contributed by atoms with van der Waals surface area (Å²) in [7, 11) is 0. The van der Waals surface area contributed by atoms with Gasteiger partial charge in [-0.2, -0.15) is 5.26 Å². The van der Waals surface area contributed by atoms with Crippen LogP contribution in [0.2, 0.25) is 0 Å². The molecule has 1 amide bonds. The maximum absolute atomic E-state index is 13.2. The number of aliphatic carboxylic acids is 1. The van der Waals surface area contributed by atoms with Gasteiger partial charge in [-0.25, -0.2) is 0 Å². The number of hydrogen-bond donors (Lipinski definition) is 2. The molecule has 1 aromatic carbocycles. The number of nitrogens with one attached hydrogen (secondary N) is 1. The quantitative estimate of drug-likeness (QED) is 0.602. The number of carboxylic acids is 1. The molecule has 0 unspecified atom stereocenters. The highest BCUT2D eigenvalue weighted by Gasteiger charge is 2.48. The second kappa shape index (κ2) is 8.32. The van der Waals surface area contributed by atoms with E-state index in [9.17, 15) is 20.0 Å². The fraction of sp³-hybridized carbons (Fsp3) is 0.400. The van der Waals surface area contributed by atoms with Gasteiger partial charge in [-0.1, -0.05) is 50.3 Å². The number of nitriles is 1. The van der Waals surface area contributed by atoms with E-state index < -0.39 is 17.8 Å². The van der Waals surface area contributed by atoms with Crippen LogP contribution < -0.4 is 5.32 Å². The first-order valence-electron chi connectivity index (χ1n) is 10.7. The molecule has 5 rings (SSSR count). The number of thiophene rings is 1. The van der Waals surface area contributed by atoms with Gasteiger partial charge in [-0.3, -0.25) is 9.59 Å². The Balaban J connectivity index is 1.64. The highest BCUT2D eigenvalue weighted by Crippen LogP contribution is 2.46. The van der Waals surface area contributed by atoms with Crippen LogP contribution >= 0.6 is 11.3 Å². The summed E-state index contributed by atoms with van der Waals surface area (Å²) in [6.45, 7) is 6.21. The molecule has 1 heterocycles. The van der Waals surface area contributed by atoms with Crippen molar-refractivity contribution in [1.82, 2.24) is 0 Å². The van der Waals surface area contributed by atoms with Crippen molar-refractivity contribution in [3.8, 4) is 17.2 Å². The van der Waals surface area contributed by atoms with Crippen LogP contribution in [0.25, 0.3) is 11.1 Å². The van der Waals surface area contributed by atoms with Crippen LogP contribution in [0, 0.1) is 41.9 Å². The van der Waals surface area contributed by atoms with E-state index in [1.165, 1.54) is 16.9 Å². The van der Waals surface area contributed by atoms with Crippen LogP contribution in [0.1, 0.15) is 48.6 Å². The molecule has 160 valence electrons. The van der Waals surface area contributed by atoms with Gasteiger partial charge in [0.1, 0.15) is 11.1 Å². The first-order chi connectivity index (χ1) is 14.8. The number of aryl methyl sites for hydroxylation is 1. The van der Waals surface area contributed by atoms with Crippen molar-refractivity contribution in [2.24, 2.45) is 23.7 Å². The molecule has 0 radical (unpaired) electrons. The van der Waals surface area contributed by atoms with Crippen molar-refractivity contribution in [2.45, 2.75) is 39.5 Å². The van der Waals surface area contributed by atoms with Gasteiger partial charge in [0.15, 0.2) is 0 Å². The summed E-state index contributed by atoms with van der Waals surface area (Å²) in [6.07, 6.45) is 5.57. The van der Waals surface area contributed by atoms with Crippen LogP contribution in [0.4, 0.5) is 5.00 Å². The molecule has 2 aromatic rings. The lowest BCUT2D eigenvalue weighted by molar-refractivity contribution is -0.151. The molecule has 0 spiro atoms. The van der Waals surface area contributed by atoms with Crippen LogP contribution in [-0.4, -0.2) is 17.0 Å². The first-order valence-corrected chi connectivity index (χ1v) is 11.5. The maximum atomic E-state index is 13.2. The van der Waals surface area contributed by atoms with Crippen molar-refractivity contribution in [2.75, 3.05) is 5.32 Å². The molecule has 31 heavy (non-hydrogen) atoms. The summed E-state index contributed by atoms with van der Waals surface area (Å²) in [5.74, 6) is -2.29. The second-order valence-corrected chi connectivity index (χ2v) is 10.0. The average molecular weight is 435 g/mol. The van der Waals surface area contributed by atoms with Gasteiger partial charge in [0.25, 0.3) is 0 Å². The molecule has 4 atom stereocenters. The number of fused-ring (bicyclic) bond motifs is 2. The van der Waals surface area contributed by atoms with E-state index in [0.29, 0.717) is 16.5 Å². The third-order valence-electron chi connectivity index (χ3n) is 6.64. The van der Waals surface area contributed by atoms with E-state index in [-0.39, 0.29) is 17.7 Å². The van der Waals surface area contributed by atoms with Gasteiger partial charge in [-0.15, -0.1) is 11.3 Å². The van der Waals surface area contributed by atoms with Crippen molar-refractivity contribution in [3.63, 3.8) is 0 Å². The van der Waals surface area contributed by atoms with Crippen molar-refractivity contribution in [1.29, 1.82) is 5.26 Å². The predicted molar refractivity (Wildman–Crippen MR) is 122 cm³/mol. The number of nitrogens with zero attached hydrogens (tertiary/aromatic N) is 1. The highest BCUT2D eigenvalue weighted by molar-refractivity contribution is 7.17. The minimum absolute atomic E-state index is 0.0688. The van der Waals surface area contributed by atoms with Gasteiger partial charge in [-0.05, 0) is 48.6 Å². The molecule has 6 heteroatoms. The number of anilines is 1. The molecule has 1 aromatic heterocycles. The average Bonchev–Trinajstić information content (AvgIpc) is 3.08. The van der Waals surface area contributed by atoms with E-state index in [1.54, 1.807) is 0 Å². The maximum Gasteiger partial charge on any atom is 0.307 e. The number of amides is 1. The summed E-state index contributed by atoms with van der Waals surface area (Å²) in [4.78, 5) is 26.0. The van der Waals surface area contributed by atoms with Crippen molar-refractivity contribution < 1.29 is 14.7 Å². The number of carbonyl (C=O) groups is 2. The zero-order chi connectivity index (χ0) is 22.3. The summed E-state index contributed by atoms with van der Waals surface area (Å²) < 4.78 is 0. The van der Waals surface area contributed by atoms with E-state index >= 15 is 0 Å². The Morgan fingerprint density at radius 1 is 1.13 bits per heavy atom. The molecule has 5 nitrogen and oxygen atoms in total. The van der Waals surface area contributed by atoms with Crippen molar-refractivity contribution >= 4 is 28.2 Å². The van der Waals surface area contributed by atoms with Crippen LogP contribution in [0.5, 0.6) is 0 Å². The number of carbonyl (C=O) groups excluding carboxylic acids is 1. The van der Waals surface area contributed by atoms with E-state index in [2.05, 4.69) is 37.4 Å². The number of benzene rings is 1. The Kier molecular flexibility index (Phi) is 5.72. The minimum atomic E-state index is -0.923. The SMILES string of the molecule is Cc1sc(NC(=O)[C@H]2[C@@H](C(=O)O)[C@H]3C=C[C@H]2CC3)c(C#N)c1-c1ccc(C(C)C)cc1. The Morgan fingerprint density at radius 2 is 1.74 bits per heavy atom. The standard InChI is InChI=1S/C25H26N2O3S/c1-13(2)15-4-6-16(7-5-15)20-14(3)31-24(19(20)12-26)27-23(28)21-17-8-10-18(11-9-17)22(21)25(29)30/h4-8,10,13,17-18,21-22H,9,11H2,1-3H3,(H,27,28)(H,29,30)/t17-,18-,21+,22-/m0/s1. The molecule has 0 aliphatic heterocycles. The van der Waals surface area contributed by atoms with E-state index in [0.717, 1.165) is 28.8 Å². The van der Waals surface area contributed by atoms with Crippen molar-refractivity contribution in [3.05, 3.63) is 52.4 Å². The fourth-order valence-electron chi connectivity index (χ4n) is 5.01. The van der Waals surface area contributed by atoms with E-state index in [1.807, 2.05) is 31.2 Å². The van der Waals surface area contributed by atoms with Crippen LogP contribution in [0.15, 0.2) is 36.4 Å². The van der Waals surface area contributed by atoms with Gasteiger partial charge in [0, 0.05) is 10.4 Å². The third-order valence-corrected chi connectivity index (χ3v) is 7.66. The molecular formula is C25H26N2O3S. The number of rotatable bonds is 5. The smallest absolute Gasteiger partial charge is 0.307 e. The molecule has 1 saturated carbocycles. The van der Waals surface area contributed by atoms with Gasteiger partial charge in [0.2, 0.25) is 5.91 Å². The Labute approximate surface area is 186 Å². The Bertz CT molecular complexity index is 1090. The molecule has 3 aliphatic carbocycles. The Hall–Kier alpha value is -2.91. The number of allylic oxidation sites excluding steroid dienone is 2. The van der Waals surface area contributed by atoms with Gasteiger partial charge in [0.05, 0.1) is 17.4 Å². The minimum Gasteiger partial charge on any atom is -0.481 e. The molecule has 2 bridgehead atoms. The Morgan fingerprint density at radius 3 is 2.26 bits per heavy atom. The lowest BCUT2D eigenvalue weighted by atomic mass is 9.62. The summed E-state index contributed by atoms with van der Waals surface area (Å²) in [5.41, 5.74) is 3.44. The fourth-order valence-corrected chi connectivity index (χ4v) is 6.03. The molecule has 0 saturated heterocycles. The van der Waals surface area contributed by atoms with Gasteiger partial charge >= 0.3 is 5.97 Å². The topological polar surface area (TPSA) is 90.2 Å². The lowest BCUT2D eigenvalue weighted by Gasteiger charge is -2.41. The molecule has 2 N–H and O–H groups in total. The highest BCUT2D eigenvalue weighted by atomic mass is 32.1. The predicted octanol–water partition coefficient (Wildman–Crippen LogP) is 5.57. The number of carboxylic acid groups (broad SMARTS) is 1. The monoisotopic (exact) mass is 434 g/mol. The second-order valence-electron chi connectivity index (χ2n) is 8.79. The largest absolute Gasteiger partial charge is 0.481 e. The first kappa shape index (κ1) is 21.3. The summed E-state index contributed by atoms with van der Waals surface area (Å²) in [5, 5.41) is 23.1. The lowest BCUT2D eigenvalue weighted by Crippen LogP contribution is -2.47. The zero-order valence-electron chi connectivity index (χ0n) is 17.9. The molecule has 1 fully saturated rings. The van der Waals surface area contributed by atoms with Crippen LogP contribution in [-0.2, 0) is 9.59 Å². The molecule has 3 aliphatic rings. The number of hydrogen-bond acceptors (Lipinski definition) is 4. The van der Waals surface area contributed by atoms with E-state index in [4.69, 9.17) is 0 Å². The van der Waals surface area contributed by atoms with Gasteiger partial charge < -0.3 is 10.4 Å². The molecular weight excluding hydrogens is 408 g/mol. The third kappa shape index (κ3) is 3.79. The summed E-state index contributed by atoms with van der Waals surface area (Å²) >= 11 is 1.37. The normalized spacial score (nSPS) is 24.2. The van der Waals surface area contributed by atoms with Crippen LogP contribution in [0.3, 0.4) is 0 Å². The zero-order valence-corrected chi connectivity index (χ0v) is 18.7.